The Kier molecular flexibility index (Phi) is 3.56. The number of rotatable bonds is 3. The summed E-state index contributed by atoms with van der Waals surface area (Å²) in [5.74, 6) is -9.64. The van der Waals surface area contributed by atoms with Crippen molar-refractivity contribution in [3.8, 4) is 0 Å². The topological polar surface area (TPSA) is 112 Å². The molecule has 0 aromatic heterocycles. The maximum absolute atomic E-state index is 13.4. The molecule has 0 radical (unpaired) electrons. The van der Waals surface area contributed by atoms with Gasteiger partial charge in [-0.15, -0.1) is 12.6 Å². The highest BCUT2D eigenvalue weighted by molar-refractivity contribution is 7.80. The molecule has 0 saturated carbocycles. The fraction of sp³-hybridized carbons (Fsp3) is 0. The average Bonchev–Trinajstić information content (AvgIpc) is 2.23. The van der Waals surface area contributed by atoms with E-state index in [0.717, 1.165) is 0 Å². The van der Waals surface area contributed by atoms with E-state index >= 15 is 0 Å². The molecule has 18 heavy (non-hydrogen) atoms. The van der Waals surface area contributed by atoms with Crippen LogP contribution in [0.3, 0.4) is 0 Å². The largest absolute Gasteiger partial charge is 0.478 e. The number of carbonyl (C=O) groups is 3. The molecule has 0 bridgehead atoms. The molecule has 0 aliphatic rings. The van der Waals surface area contributed by atoms with Gasteiger partial charge < -0.3 is 15.3 Å². The second-order valence-electron chi connectivity index (χ2n) is 3.02. The quantitative estimate of drug-likeness (QED) is 0.621. The number of carboxylic acid groups (broad SMARTS) is 3. The van der Waals surface area contributed by atoms with Gasteiger partial charge in [0.25, 0.3) is 0 Å². The smallest absolute Gasteiger partial charge is 0.339 e. The van der Waals surface area contributed by atoms with Gasteiger partial charge in [-0.2, -0.15) is 0 Å². The number of thiol groups is 1. The molecule has 1 aromatic carbocycles. The maximum Gasteiger partial charge on any atom is 0.339 e. The van der Waals surface area contributed by atoms with Gasteiger partial charge in [0.05, 0.1) is 10.5 Å². The second-order valence-corrected chi connectivity index (χ2v) is 3.46. The Labute approximate surface area is 103 Å². The predicted octanol–water partition coefficient (Wildman–Crippen LogP) is 1.35. The van der Waals surface area contributed by atoms with E-state index in [1.807, 2.05) is 0 Å². The summed E-state index contributed by atoms with van der Waals surface area (Å²) >= 11 is 3.29. The Morgan fingerprint density at radius 2 is 1.06 bits per heavy atom. The van der Waals surface area contributed by atoms with Crippen LogP contribution in [0.5, 0.6) is 0 Å². The first-order chi connectivity index (χ1) is 8.20. The molecule has 96 valence electrons. The molecule has 0 saturated heterocycles. The van der Waals surface area contributed by atoms with E-state index in [1.165, 1.54) is 0 Å². The van der Waals surface area contributed by atoms with Crippen molar-refractivity contribution in [2.45, 2.75) is 4.90 Å². The van der Waals surface area contributed by atoms with E-state index in [1.54, 1.807) is 0 Å². The molecule has 0 fully saturated rings. The lowest BCUT2D eigenvalue weighted by Gasteiger charge is -2.10. The van der Waals surface area contributed by atoms with Crippen LogP contribution in [-0.4, -0.2) is 33.2 Å². The standard InChI is InChI=1S/C9H4F2O6S/c10-4-2(8(14)15)1(7(12)13)3(9(16)17)5(11)6(4)18/h18H,(H,12,13)(H,14,15)(H,16,17). The van der Waals surface area contributed by atoms with E-state index in [-0.39, 0.29) is 0 Å². The Bertz CT molecular complexity index is 542. The summed E-state index contributed by atoms with van der Waals surface area (Å²) in [4.78, 5) is 31.1. The molecule has 0 atom stereocenters. The molecular formula is C9H4F2O6S. The molecule has 0 aliphatic heterocycles. The fourth-order valence-corrected chi connectivity index (χ4v) is 1.52. The van der Waals surface area contributed by atoms with E-state index in [2.05, 4.69) is 12.6 Å². The van der Waals surface area contributed by atoms with Crippen molar-refractivity contribution in [2.24, 2.45) is 0 Å². The fourth-order valence-electron chi connectivity index (χ4n) is 1.29. The van der Waals surface area contributed by atoms with Crippen molar-refractivity contribution >= 4 is 30.5 Å². The van der Waals surface area contributed by atoms with Gasteiger partial charge in [-0.3, -0.25) is 0 Å². The lowest BCUT2D eigenvalue weighted by atomic mass is 9.99. The molecule has 0 unspecified atom stereocenters. The number of benzene rings is 1. The van der Waals surface area contributed by atoms with Crippen LogP contribution in [0.1, 0.15) is 31.1 Å². The number of aromatic carboxylic acids is 3. The van der Waals surface area contributed by atoms with Crippen LogP contribution in [0, 0.1) is 11.6 Å². The number of hydrogen-bond donors (Lipinski definition) is 4. The first-order valence-corrected chi connectivity index (χ1v) is 4.58. The SMILES string of the molecule is O=C(O)c1c(F)c(S)c(F)c(C(=O)O)c1C(=O)O. The molecule has 0 amide bonds. The van der Waals surface area contributed by atoms with Crippen molar-refractivity contribution in [2.75, 3.05) is 0 Å². The second kappa shape index (κ2) is 4.61. The molecule has 0 aliphatic carbocycles. The monoisotopic (exact) mass is 278 g/mol. The highest BCUT2D eigenvalue weighted by atomic mass is 32.1. The van der Waals surface area contributed by atoms with Crippen molar-refractivity contribution in [3.63, 3.8) is 0 Å². The summed E-state index contributed by atoms with van der Waals surface area (Å²) < 4.78 is 26.8. The van der Waals surface area contributed by atoms with Crippen LogP contribution >= 0.6 is 12.6 Å². The van der Waals surface area contributed by atoms with E-state index in [4.69, 9.17) is 15.3 Å². The summed E-state index contributed by atoms with van der Waals surface area (Å²) in [6.45, 7) is 0. The first-order valence-electron chi connectivity index (χ1n) is 4.13. The molecule has 6 nitrogen and oxygen atoms in total. The Hall–Kier alpha value is -2.16. The lowest BCUT2D eigenvalue weighted by molar-refractivity contribution is 0.0625. The molecule has 3 N–H and O–H groups in total. The summed E-state index contributed by atoms with van der Waals surface area (Å²) in [5, 5.41) is 26.0. The summed E-state index contributed by atoms with van der Waals surface area (Å²) in [7, 11) is 0. The van der Waals surface area contributed by atoms with Gasteiger partial charge in [0.15, 0.2) is 11.6 Å². The minimum Gasteiger partial charge on any atom is -0.478 e. The first kappa shape index (κ1) is 13.9. The molecule has 9 heteroatoms. The summed E-state index contributed by atoms with van der Waals surface area (Å²) in [6, 6.07) is 0. The average molecular weight is 278 g/mol. The molecular weight excluding hydrogens is 274 g/mol. The van der Waals surface area contributed by atoms with Crippen LogP contribution in [0.2, 0.25) is 0 Å². The Balaban J connectivity index is 3.99. The van der Waals surface area contributed by atoms with Crippen LogP contribution in [-0.2, 0) is 0 Å². The van der Waals surface area contributed by atoms with Crippen molar-refractivity contribution in [1.29, 1.82) is 0 Å². The number of carboxylic acids is 3. The summed E-state index contributed by atoms with van der Waals surface area (Å²) in [5.41, 5.74) is -4.37. The molecule has 0 spiro atoms. The van der Waals surface area contributed by atoms with Crippen molar-refractivity contribution < 1.29 is 38.5 Å². The highest BCUT2D eigenvalue weighted by Crippen LogP contribution is 2.29. The van der Waals surface area contributed by atoms with Crippen molar-refractivity contribution in [1.82, 2.24) is 0 Å². The van der Waals surface area contributed by atoms with Gasteiger partial charge in [-0.1, -0.05) is 0 Å². The van der Waals surface area contributed by atoms with Crippen LogP contribution < -0.4 is 0 Å². The minimum atomic E-state index is -2.07. The highest BCUT2D eigenvalue weighted by Gasteiger charge is 2.33. The van der Waals surface area contributed by atoms with Gasteiger partial charge in [0.1, 0.15) is 11.1 Å². The zero-order valence-electron chi connectivity index (χ0n) is 8.27. The Morgan fingerprint density at radius 1 is 0.778 bits per heavy atom. The van der Waals surface area contributed by atoms with Crippen LogP contribution in [0.4, 0.5) is 8.78 Å². The van der Waals surface area contributed by atoms with E-state index < -0.39 is 51.1 Å². The maximum atomic E-state index is 13.4. The lowest BCUT2D eigenvalue weighted by Crippen LogP contribution is -2.19. The van der Waals surface area contributed by atoms with Crippen LogP contribution in [0.15, 0.2) is 4.90 Å². The third-order valence-corrected chi connectivity index (χ3v) is 2.39. The predicted molar refractivity (Wildman–Crippen MR) is 54.5 cm³/mol. The van der Waals surface area contributed by atoms with Gasteiger partial charge >= 0.3 is 17.9 Å². The number of halogens is 2. The van der Waals surface area contributed by atoms with Gasteiger partial charge in [-0.05, 0) is 0 Å². The molecule has 0 heterocycles. The van der Waals surface area contributed by atoms with Crippen molar-refractivity contribution in [3.05, 3.63) is 28.3 Å². The van der Waals surface area contributed by atoms with E-state index in [0.29, 0.717) is 0 Å². The normalized spacial score (nSPS) is 10.2. The van der Waals surface area contributed by atoms with Crippen LogP contribution in [0.25, 0.3) is 0 Å². The zero-order valence-corrected chi connectivity index (χ0v) is 9.16. The van der Waals surface area contributed by atoms with Gasteiger partial charge in [-0.25, -0.2) is 23.2 Å². The zero-order chi connectivity index (χ0) is 14.2. The molecule has 1 aromatic rings. The Morgan fingerprint density at radius 3 is 1.28 bits per heavy atom. The van der Waals surface area contributed by atoms with Gasteiger partial charge in [0.2, 0.25) is 0 Å². The minimum absolute atomic E-state index is 1.17. The number of hydrogen-bond acceptors (Lipinski definition) is 4. The third-order valence-electron chi connectivity index (χ3n) is 2.00. The van der Waals surface area contributed by atoms with Gasteiger partial charge in [0, 0.05) is 0 Å². The summed E-state index contributed by atoms with van der Waals surface area (Å²) in [6.07, 6.45) is 0. The molecule has 1 rings (SSSR count). The third kappa shape index (κ3) is 1.99. The van der Waals surface area contributed by atoms with E-state index in [9.17, 15) is 23.2 Å².